The summed E-state index contributed by atoms with van der Waals surface area (Å²) in [7, 11) is 3.92. The summed E-state index contributed by atoms with van der Waals surface area (Å²) in [5.74, 6) is 0.110. The van der Waals surface area contributed by atoms with Crippen molar-refractivity contribution in [2.45, 2.75) is 6.92 Å². The molecule has 0 bridgehead atoms. The molecule has 1 saturated heterocycles. The molecule has 2 rings (SSSR count). The SMILES string of the molecule is Cc1nn(C)cc1C(=O)N1CCN(C)CC1. The number of carbonyl (C=O) groups excluding carboxylic acids is 1. The van der Waals surface area contributed by atoms with Crippen LogP contribution in [-0.4, -0.2) is 58.7 Å². The second-order valence-corrected chi connectivity index (χ2v) is 4.40. The lowest BCUT2D eigenvalue weighted by Crippen LogP contribution is -2.47. The molecule has 0 aromatic carbocycles. The quantitative estimate of drug-likeness (QED) is 0.677. The maximum Gasteiger partial charge on any atom is 0.257 e. The van der Waals surface area contributed by atoms with E-state index in [0.717, 1.165) is 37.4 Å². The molecule has 5 heteroatoms. The van der Waals surface area contributed by atoms with E-state index in [4.69, 9.17) is 0 Å². The number of amides is 1. The second-order valence-electron chi connectivity index (χ2n) is 4.40. The fourth-order valence-electron chi connectivity index (χ4n) is 1.99. The van der Waals surface area contributed by atoms with Crippen molar-refractivity contribution in [2.24, 2.45) is 7.05 Å². The van der Waals surface area contributed by atoms with E-state index < -0.39 is 0 Å². The van der Waals surface area contributed by atoms with E-state index in [2.05, 4.69) is 17.0 Å². The molecule has 0 saturated carbocycles. The van der Waals surface area contributed by atoms with Crippen molar-refractivity contribution < 1.29 is 4.79 Å². The molecule has 0 radical (unpaired) electrons. The maximum atomic E-state index is 12.2. The van der Waals surface area contributed by atoms with Crippen molar-refractivity contribution >= 4 is 5.91 Å². The molecule has 16 heavy (non-hydrogen) atoms. The zero-order valence-electron chi connectivity index (χ0n) is 10.1. The third-order valence-corrected chi connectivity index (χ3v) is 3.03. The van der Waals surface area contributed by atoms with Crippen LogP contribution in [-0.2, 0) is 7.05 Å². The summed E-state index contributed by atoms with van der Waals surface area (Å²) in [5, 5.41) is 4.20. The first-order valence-corrected chi connectivity index (χ1v) is 5.56. The molecule has 5 nitrogen and oxygen atoms in total. The molecule has 88 valence electrons. The smallest absolute Gasteiger partial charge is 0.257 e. The molecule has 0 atom stereocenters. The summed E-state index contributed by atoms with van der Waals surface area (Å²) in [5.41, 5.74) is 1.54. The first-order valence-electron chi connectivity index (χ1n) is 5.56. The average Bonchev–Trinajstić information content (AvgIpc) is 2.58. The van der Waals surface area contributed by atoms with Gasteiger partial charge in [-0.2, -0.15) is 5.10 Å². The summed E-state index contributed by atoms with van der Waals surface area (Å²) < 4.78 is 1.69. The van der Waals surface area contributed by atoms with E-state index in [-0.39, 0.29) is 5.91 Å². The molecule has 1 aliphatic heterocycles. The Morgan fingerprint density at radius 2 is 1.88 bits per heavy atom. The summed E-state index contributed by atoms with van der Waals surface area (Å²) >= 11 is 0. The summed E-state index contributed by atoms with van der Waals surface area (Å²) in [4.78, 5) is 16.3. The van der Waals surface area contributed by atoms with Gasteiger partial charge in [0.1, 0.15) is 0 Å². The van der Waals surface area contributed by atoms with Gasteiger partial charge < -0.3 is 9.80 Å². The number of aromatic nitrogens is 2. The molecule has 1 aromatic rings. The monoisotopic (exact) mass is 222 g/mol. The normalized spacial score (nSPS) is 17.8. The van der Waals surface area contributed by atoms with E-state index in [1.807, 2.05) is 18.9 Å². The van der Waals surface area contributed by atoms with Gasteiger partial charge in [0.2, 0.25) is 0 Å². The van der Waals surface area contributed by atoms with Crippen molar-refractivity contribution in [3.8, 4) is 0 Å². The zero-order valence-corrected chi connectivity index (χ0v) is 10.1. The van der Waals surface area contributed by atoms with Crippen LogP contribution in [0, 0.1) is 6.92 Å². The van der Waals surface area contributed by atoms with Gasteiger partial charge in [0, 0.05) is 39.4 Å². The number of nitrogens with zero attached hydrogens (tertiary/aromatic N) is 4. The maximum absolute atomic E-state index is 12.2. The number of likely N-dealkylation sites (N-methyl/N-ethyl adjacent to an activating group) is 1. The highest BCUT2D eigenvalue weighted by Crippen LogP contribution is 2.10. The predicted molar refractivity (Wildman–Crippen MR) is 61.3 cm³/mol. The van der Waals surface area contributed by atoms with Crippen LogP contribution in [0.15, 0.2) is 6.20 Å². The number of hydrogen-bond donors (Lipinski definition) is 0. The van der Waals surface area contributed by atoms with Crippen molar-refractivity contribution in [2.75, 3.05) is 33.2 Å². The van der Waals surface area contributed by atoms with Crippen LogP contribution in [0.25, 0.3) is 0 Å². The Morgan fingerprint density at radius 3 is 2.38 bits per heavy atom. The van der Waals surface area contributed by atoms with E-state index in [1.54, 1.807) is 10.9 Å². The van der Waals surface area contributed by atoms with E-state index in [1.165, 1.54) is 0 Å². The molecule has 0 unspecified atom stereocenters. The second kappa shape index (κ2) is 4.25. The topological polar surface area (TPSA) is 41.4 Å². The molecule has 0 aliphatic carbocycles. The molecule has 1 amide bonds. The summed E-state index contributed by atoms with van der Waals surface area (Å²) in [6.07, 6.45) is 1.80. The van der Waals surface area contributed by atoms with Crippen LogP contribution < -0.4 is 0 Å². The first kappa shape index (κ1) is 11.1. The molecule has 2 heterocycles. The Kier molecular flexibility index (Phi) is 2.96. The Bertz CT molecular complexity index is 391. The zero-order chi connectivity index (χ0) is 11.7. The highest BCUT2D eigenvalue weighted by Gasteiger charge is 2.22. The van der Waals surface area contributed by atoms with E-state index in [9.17, 15) is 4.79 Å². The number of aryl methyl sites for hydroxylation is 2. The number of rotatable bonds is 1. The number of piperazine rings is 1. The highest BCUT2D eigenvalue weighted by molar-refractivity contribution is 5.95. The molecular weight excluding hydrogens is 204 g/mol. The van der Waals surface area contributed by atoms with Gasteiger partial charge in [-0.25, -0.2) is 0 Å². The Hall–Kier alpha value is -1.36. The van der Waals surface area contributed by atoms with Gasteiger partial charge in [0.05, 0.1) is 11.3 Å². The Labute approximate surface area is 95.6 Å². The lowest BCUT2D eigenvalue weighted by atomic mass is 10.2. The standard InChI is InChI=1S/C11H18N4O/c1-9-10(8-14(3)12-9)11(16)15-6-4-13(2)5-7-15/h8H,4-7H2,1-3H3. The summed E-state index contributed by atoms with van der Waals surface area (Å²) in [6, 6.07) is 0. The average molecular weight is 222 g/mol. The molecule has 1 aliphatic rings. The highest BCUT2D eigenvalue weighted by atomic mass is 16.2. The van der Waals surface area contributed by atoms with Gasteiger partial charge >= 0.3 is 0 Å². The lowest BCUT2D eigenvalue weighted by molar-refractivity contribution is 0.0663. The molecule has 1 fully saturated rings. The number of hydrogen-bond acceptors (Lipinski definition) is 3. The molecular formula is C11H18N4O. The largest absolute Gasteiger partial charge is 0.336 e. The first-order chi connectivity index (χ1) is 7.58. The lowest BCUT2D eigenvalue weighted by Gasteiger charge is -2.32. The van der Waals surface area contributed by atoms with Gasteiger partial charge in [0.15, 0.2) is 0 Å². The van der Waals surface area contributed by atoms with E-state index >= 15 is 0 Å². The van der Waals surface area contributed by atoms with Crippen molar-refractivity contribution in [1.82, 2.24) is 19.6 Å². The van der Waals surface area contributed by atoms with Crippen molar-refractivity contribution in [3.05, 3.63) is 17.5 Å². The van der Waals surface area contributed by atoms with E-state index in [0.29, 0.717) is 0 Å². The molecule has 0 N–H and O–H groups in total. The number of carbonyl (C=O) groups is 1. The Balaban J connectivity index is 2.10. The third-order valence-electron chi connectivity index (χ3n) is 3.03. The van der Waals surface area contributed by atoms with Crippen molar-refractivity contribution in [3.63, 3.8) is 0 Å². The minimum absolute atomic E-state index is 0.110. The van der Waals surface area contributed by atoms with Crippen molar-refractivity contribution in [1.29, 1.82) is 0 Å². The fraction of sp³-hybridized carbons (Fsp3) is 0.636. The van der Waals surface area contributed by atoms with Crippen LogP contribution in [0.2, 0.25) is 0 Å². The van der Waals surface area contributed by atoms with Gasteiger partial charge in [-0.15, -0.1) is 0 Å². The fourth-order valence-corrected chi connectivity index (χ4v) is 1.99. The van der Waals surface area contributed by atoms with Gasteiger partial charge in [-0.05, 0) is 14.0 Å². The Morgan fingerprint density at radius 1 is 1.25 bits per heavy atom. The van der Waals surface area contributed by atoms with Gasteiger partial charge in [0.25, 0.3) is 5.91 Å². The van der Waals surface area contributed by atoms with Crippen LogP contribution >= 0.6 is 0 Å². The van der Waals surface area contributed by atoms with Gasteiger partial charge in [-0.1, -0.05) is 0 Å². The molecule has 1 aromatic heterocycles. The minimum atomic E-state index is 0.110. The van der Waals surface area contributed by atoms with Crippen LogP contribution in [0.3, 0.4) is 0 Å². The van der Waals surface area contributed by atoms with Crippen LogP contribution in [0.5, 0.6) is 0 Å². The predicted octanol–water partition coefficient (Wildman–Crippen LogP) is 0.116. The minimum Gasteiger partial charge on any atom is -0.336 e. The summed E-state index contributed by atoms with van der Waals surface area (Å²) in [6.45, 7) is 5.40. The van der Waals surface area contributed by atoms with Crippen LogP contribution in [0.4, 0.5) is 0 Å². The van der Waals surface area contributed by atoms with Crippen LogP contribution in [0.1, 0.15) is 16.1 Å². The van der Waals surface area contributed by atoms with Gasteiger partial charge in [-0.3, -0.25) is 9.48 Å². The third kappa shape index (κ3) is 2.09. The molecule has 0 spiro atoms.